The van der Waals surface area contributed by atoms with E-state index in [0.29, 0.717) is 17.2 Å². The number of carbonyl (C=O) groups excluding carboxylic acids is 1. The van der Waals surface area contributed by atoms with E-state index in [1.807, 2.05) is 0 Å². The molecular weight excluding hydrogens is 459 g/mol. The molecule has 0 spiro atoms. The van der Waals surface area contributed by atoms with E-state index in [2.05, 4.69) is 4.98 Å². The Balaban J connectivity index is 1.32. The van der Waals surface area contributed by atoms with Crippen LogP contribution in [0, 0.1) is 17.5 Å². The molecule has 1 aliphatic rings. The fourth-order valence-corrected chi connectivity index (χ4v) is 5.11. The number of benzene rings is 2. The van der Waals surface area contributed by atoms with Gasteiger partial charge in [0.25, 0.3) is 0 Å². The lowest BCUT2D eigenvalue weighted by molar-refractivity contribution is -0.132. The Morgan fingerprint density at radius 2 is 1.61 bits per heavy atom. The van der Waals surface area contributed by atoms with Gasteiger partial charge in [-0.3, -0.25) is 4.79 Å². The highest BCUT2D eigenvalue weighted by atomic mass is 32.2. The van der Waals surface area contributed by atoms with Gasteiger partial charge in [-0.15, -0.1) is 0 Å². The van der Waals surface area contributed by atoms with Crippen molar-refractivity contribution < 1.29 is 30.8 Å². The highest BCUT2D eigenvalue weighted by Gasteiger charge is 2.34. The van der Waals surface area contributed by atoms with Crippen molar-refractivity contribution in [2.24, 2.45) is 0 Å². The third-order valence-electron chi connectivity index (χ3n) is 5.34. The SMILES string of the molecule is O=C(CCc1ncc(-c2ccc(F)cc2)o1)N1CCN(S(=O)(=O)c2c(F)cccc2F)CC1. The van der Waals surface area contributed by atoms with Crippen molar-refractivity contribution in [3.05, 3.63) is 72.0 Å². The molecule has 2 aromatic carbocycles. The standard InChI is InChI=1S/C22H20F3N3O4S/c23-16-6-4-15(5-7-16)19-14-26-20(32-19)8-9-21(29)27-10-12-28(13-11-27)33(30,31)22-17(24)2-1-3-18(22)25/h1-7,14H,8-13H2. The summed E-state index contributed by atoms with van der Waals surface area (Å²) in [5, 5.41) is 0. The molecule has 0 saturated carbocycles. The second-order valence-electron chi connectivity index (χ2n) is 7.46. The molecule has 0 bridgehead atoms. The largest absolute Gasteiger partial charge is 0.441 e. The fourth-order valence-electron chi connectivity index (χ4n) is 3.58. The molecule has 0 unspecified atom stereocenters. The second kappa shape index (κ2) is 9.36. The van der Waals surface area contributed by atoms with Gasteiger partial charge in [-0.1, -0.05) is 6.07 Å². The van der Waals surface area contributed by atoms with E-state index in [4.69, 9.17) is 4.42 Å². The first-order chi connectivity index (χ1) is 15.8. The molecule has 1 aliphatic heterocycles. The Hall–Kier alpha value is -3.18. The molecule has 0 N–H and O–H groups in total. The molecule has 7 nitrogen and oxygen atoms in total. The van der Waals surface area contributed by atoms with Crippen LogP contribution in [0.5, 0.6) is 0 Å². The molecule has 11 heteroatoms. The Morgan fingerprint density at radius 1 is 0.970 bits per heavy atom. The first-order valence-electron chi connectivity index (χ1n) is 10.2. The number of oxazole rings is 1. The van der Waals surface area contributed by atoms with E-state index in [1.165, 1.54) is 23.2 Å². The van der Waals surface area contributed by atoms with Gasteiger partial charge in [-0.05, 0) is 36.4 Å². The minimum atomic E-state index is -4.36. The third-order valence-corrected chi connectivity index (χ3v) is 7.29. The van der Waals surface area contributed by atoms with Crippen LogP contribution in [0.4, 0.5) is 13.2 Å². The molecule has 3 aromatic rings. The Morgan fingerprint density at radius 3 is 2.24 bits per heavy atom. The molecule has 2 heterocycles. The average Bonchev–Trinajstić information content (AvgIpc) is 3.27. The minimum Gasteiger partial charge on any atom is -0.441 e. The lowest BCUT2D eigenvalue weighted by Gasteiger charge is -2.34. The van der Waals surface area contributed by atoms with Crippen molar-refractivity contribution in [1.82, 2.24) is 14.2 Å². The first-order valence-corrected chi connectivity index (χ1v) is 11.6. The zero-order chi connectivity index (χ0) is 23.6. The molecular formula is C22H20F3N3O4S. The number of aryl methyl sites for hydroxylation is 1. The number of rotatable bonds is 6. The van der Waals surface area contributed by atoms with Gasteiger partial charge in [0.05, 0.1) is 6.20 Å². The molecule has 1 fully saturated rings. The number of aromatic nitrogens is 1. The maximum atomic E-state index is 14.0. The van der Waals surface area contributed by atoms with Gasteiger partial charge in [0.15, 0.2) is 16.5 Å². The summed E-state index contributed by atoms with van der Waals surface area (Å²) >= 11 is 0. The normalized spacial score (nSPS) is 15.1. The molecule has 0 radical (unpaired) electrons. The van der Waals surface area contributed by atoms with Gasteiger partial charge in [0.1, 0.15) is 17.5 Å². The highest BCUT2D eigenvalue weighted by molar-refractivity contribution is 7.89. The Bertz CT molecular complexity index is 1230. The summed E-state index contributed by atoms with van der Waals surface area (Å²) in [6.45, 7) is 0.0478. The number of halogens is 3. The molecule has 33 heavy (non-hydrogen) atoms. The monoisotopic (exact) mass is 479 g/mol. The lowest BCUT2D eigenvalue weighted by Crippen LogP contribution is -2.50. The third kappa shape index (κ3) is 4.93. The van der Waals surface area contributed by atoms with Gasteiger partial charge in [0.2, 0.25) is 15.9 Å². The van der Waals surface area contributed by atoms with E-state index < -0.39 is 26.6 Å². The molecule has 174 valence electrons. The van der Waals surface area contributed by atoms with Gasteiger partial charge in [-0.2, -0.15) is 4.31 Å². The van der Waals surface area contributed by atoms with Crippen LogP contribution in [0.3, 0.4) is 0 Å². The number of amides is 1. The molecule has 1 aromatic heterocycles. The number of carbonyl (C=O) groups is 1. The minimum absolute atomic E-state index is 0.0738. The number of hydrogen-bond acceptors (Lipinski definition) is 5. The van der Waals surface area contributed by atoms with Crippen LogP contribution in [-0.2, 0) is 21.2 Å². The summed E-state index contributed by atoms with van der Waals surface area (Å²) in [7, 11) is -4.36. The average molecular weight is 479 g/mol. The molecule has 1 amide bonds. The summed E-state index contributed by atoms with van der Waals surface area (Å²) in [5.74, 6) is -2.09. The van der Waals surface area contributed by atoms with Crippen LogP contribution in [0.25, 0.3) is 11.3 Å². The number of hydrogen-bond donors (Lipinski definition) is 0. The maximum absolute atomic E-state index is 14.0. The summed E-state index contributed by atoms with van der Waals surface area (Å²) in [6.07, 6.45) is 1.83. The van der Waals surface area contributed by atoms with Gasteiger partial charge in [-0.25, -0.2) is 26.6 Å². The summed E-state index contributed by atoms with van der Waals surface area (Å²) < 4.78 is 72.9. The zero-order valence-electron chi connectivity index (χ0n) is 17.4. The number of nitrogens with zero attached hydrogens (tertiary/aromatic N) is 3. The quantitative estimate of drug-likeness (QED) is 0.542. The van der Waals surface area contributed by atoms with E-state index in [1.54, 1.807) is 12.1 Å². The highest BCUT2D eigenvalue weighted by Crippen LogP contribution is 2.24. The van der Waals surface area contributed by atoms with Crippen LogP contribution in [0.2, 0.25) is 0 Å². The Kier molecular flexibility index (Phi) is 6.52. The molecule has 4 rings (SSSR count). The van der Waals surface area contributed by atoms with Crippen LogP contribution < -0.4 is 0 Å². The summed E-state index contributed by atoms with van der Waals surface area (Å²) in [4.78, 5) is 17.2. The van der Waals surface area contributed by atoms with Crippen molar-refractivity contribution >= 4 is 15.9 Å². The predicted molar refractivity (Wildman–Crippen MR) is 112 cm³/mol. The van der Waals surface area contributed by atoms with Crippen LogP contribution in [0.1, 0.15) is 12.3 Å². The van der Waals surface area contributed by atoms with Gasteiger partial charge < -0.3 is 9.32 Å². The molecule has 1 saturated heterocycles. The second-order valence-corrected chi connectivity index (χ2v) is 9.34. The van der Waals surface area contributed by atoms with Crippen molar-refractivity contribution in [2.45, 2.75) is 17.7 Å². The van der Waals surface area contributed by atoms with Crippen LogP contribution in [-0.4, -0.2) is 54.7 Å². The summed E-state index contributed by atoms with van der Waals surface area (Å²) in [6, 6.07) is 8.61. The number of piperazine rings is 1. The van der Waals surface area contributed by atoms with Crippen LogP contribution >= 0.6 is 0 Å². The fraction of sp³-hybridized carbons (Fsp3) is 0.273. The Labute approximate surface area is 188 Å². The summed E-state index contributed by atoms with van der Waals surface area (Å²) in [5.41, 5.74) is 0.657. The smallest absolute Gasteiger partial charge is 0.249 e. The predicted octanol–water partition coefficient (Wildman–Crippen LogP) is 3.22. The zero-order valence-corrected chi connectivity index (χ0v) is 18.2. The molecule has 0 atom stereocenters. The molecule has 0 aliphatic carbocycles. The van der Waals surface area contributed by atoms with Crippen LogP contribution in [0.15, 0.2) is 58.0 Å². The topological polar surface area (TPSA) is 83.7 Å². The van der Waals surface area contributed by atoms with Crippen molar-refractivity contribution in [3.8, 4) is 11.3 Å². The van der Waals surface area contributed by atoms with E-state index in [9.17, 15) is 26.4 Å². The van der Waals surface area contributed by atoms with Crippen molar-refractivity contribution in [1.29, 1.82) is 0 Å². The van der Waals surface area contributed by atoms with Crippen molar-refractivity contribution in [3.63, 3.8) is 0 Å². The van der Waals surface area contributed by atoms with Crippen molar-refractivity contribution in [2.75, 3.05) is 26.2 Å². The van der Waals surface area contributed by atoms with Gasteiger partial charge in [0, 0.05) is 44.6 Å². The maximum Gasteiger partial charge on any atom is 0.249 e. The lowest BCUT2D eigenvalue weighted by atomic mass is 10.2. The first kappa shape index (κ1) is 23.0. The van der Waals surface area contributed by atoms with Gasteiger partial charge >= 0.3 is 0 Å². The number of sulfonamides is 1. The van der Waals surface area contributed by atoms with E-state index in [-0.39, 0.29) is 50.7 Å². The van der Waals surface area contributed by atoms with E-state index in [0.717, 1.165) is 22.5 Å². The van der Waals surface area contributed by atoms with E-state index >= 15 is 0 Å².